The molecule has 1 aromatic rings. The lowest BCUT2D eigenvalue weighted by molar-refractivity contribution is 0.00327. The number of carboxylic acid groups (broad SMARTS) is 1. The van der Waals surface area contributed by atoms with Gasteiger partial charge in [-0.05, 0) is 25.5 Å². The molecule has 1 aliphatic rings. The highest BCUT2D eigenvalue weighted by Crippen LogP contribution is 2.24. The first-order valence-electron chi connectivity index (χ1n) is 6.22. The highest BCUT2D eigenvalue weighted by molar-refractivity contribution is 5.95. The largest absolute Gasteiger partial charge is 0.478 e. The van der Waals surface area contributed by atoms with Gasteiger partial charge in [-0.3, -0.25) is 0 Å². The van der Waals surface area contributed by atoms with Crippen molar-refractivity contribution < 1.29 is 19.7 Å². The van der Waals surface area contributed by atoms with Gasteiger partial charge >= 0.3 is 5.97 Å². The average molecular weight is 266 g/mol. The van der Waals surface area contributed by atoms with Crippen LogP contribution in [0.5, 0.6) is 0 Å². The van der Waals surface area contributed by atoms with Gasteiger partial charge in [-0.2, -0.15) is 0 Å². The zero-order chi connectivity index (χ0) is 14.0. The van der Waals surface area contributed by atoms with Gasteiger partial charge in [-0.25, -0.2) is 9.78 Å². The van der Waals surface area contributed by atoms with Crippen LogP contribution in [0.3, 0.4) is 0 Å². The lowest BCUT2D eigenvalue weighted by Gasteiger charge is -2.34. The van der Waals surface area contributed by atoms with E-state index >= 15 is 0 Å². The van der Waals surface area contributed by atoms with E-state index in [1.165, 1.54) is 0 Å². The summed E-state index contributed by atoms with van der Waals surface area (Å²) in [6, 6.07) is 1.76. The van der Waals surface area contributed by atoms with Gasteiger partial charge < -0.3 is 19.8 Å². The van der Waals surface area contributed by atoms with E-state index < -0.39 is 5.97 Å². The number of carbonyl (C=O) groups is 1. The maximum Gasteiger partial charge on any atom is 0.339 e. The Morgan fingerprint density at radius 2 is 2.32 bits per heavy atom. The monoisotopic (exact) mass is 266 g/mol. The standard InChI is InChI=1S/C13H18N2O4/c1-8-5-9(2)14-12(11(8)13(17)18)15-3-4-19-10(6-15)7-16/h5,10,16H,3-4,6-7H2,1-2H3,(H,17,18). The number of rotatable bonds is 3. The second-order valence-corrected chi connectivity index (χ2v) is 4.71. The number of aromatic carboxylic acids is 1. The molecule has 2 heterocycles. The minimum absolute atomic E-state index is 0.0797. The molecule has 0 saturated carbocycles. The summed E-state index contributed by atoms with van der Waals surface area (Å²) in [5.74, 6) is -0.515. The van der Waals surface area contributed by atoms with E-state index in [2.05, 4.69) is 4.98 Å². The van der Waals surface area contributed by atoms with Crippen molar-refractivity contribution in [2.45, 2.75) is 20.0 Å². The van der Waals surface area contributed by atoms with E-state index in [-0.39, 0.29) is 18.3 Å². The number of aryl methyl sites for hydroxylation is 2. The lowest BCUT2D eigenvalue weighted by Crippen LogP contribution is -2.45. The van der Waals surface area contributed by atoms with Crippen molar-refractivity contribution in [1.29, 1.82) is 0 Å². The summed E-state index contributed by atoms with van der Waals surface area (Å²) >= 11 is 0. The Bertz CT molecular complexity index is 490. The first-order chi connectivity index (χ1) is 9.02. The molecule has 2 rings (SSSR count). The van der Waals surface area contributed by atoms with Gasteiger partial charge in [-0.15, -0.1) is 0 Å². The molecule has 1 aliphatic heterocycles. The van der Waals surface area contributed by atoms with Gasteiger partial charge in [-0.1, -0.05) is 0 Å². The van der Waals surface area contributed by atoms with Gasteiger partial charge in [0.05, 0.1) is 19.3 Å². The van der Waals surface area contributed by atoms with Gasteiger partial charge in [0, 0.05) is 18.8 Å². The molecule has 2 N–H and O–H groups in total. The summed E-state index contributed by atoms with van der Waals surface area (Å²) in [6.45, 7) is 5.01. The molecule has 1 fully saturated rings. The van der Waals surface area contributed by atoms with Crippen LogP contribution in [0.25, 0.3) is 0 Å². The minimum Gasteiger partial charge on any atom is -0.478 e. The average Bonchev–Trinajstić information content (AvgIpc) is 2.37. The predicted octanol–water partition coefficient (Wildman–Crippen LogP) is 0.594. The third-order valence-corrected chi connectivity index (χ3v) is 3.18. The van der Waals surface area contributed by atoms with Crippen molar-refractivity contribution in [3.8, 4) is 0 Å². The number of aliphatic hydroxyl groups is 1. The van der Waals surface area contributed by atoms with E-state index in [1.54, 1.807) is 13.0 Å². The zero-order valence-corrected chi connectivity index (χ0v) is 11.1. The summed E-state index contributed by atoms with van der Waals surface area (Å²) in [6.07, 6.45) is -0.294. The van der Waals surface area contributed by atoms with Gasteiger partial charge in [0.25, 0.3) is 0 Å². The smallest absolute Gasteiger partial charge is 0.339 e. The normalized spacial score (nSPS) is 19.5. The third kappa shape index (κ3) is 2.85. The molecule has 0 aliphatic carbocycles. The minimum atomic E-state index is -0.980. The highest BCUT2D eigenvalue weighted by Gasteiger charge is 2.26. The van der Waals surface area contributed by atoms with E-state index in [4.69, 9.17) is 9.84 Å². The number of hydrogen-bond donors (Lipinski definition) is 2. The molecule has 0 bridgehead atoms. The Balaban J connectivity index is 2.40. The fourth-order valence-electron chi connectivity index (χ4n) is 2.33. The molecule has 19 heavy (non-hydrogen) atoms. The number of anilines is 1. The summed E-state index contributed by atoms with van der Waals surface area (Å²) in [5.41, 5.74) is 1.70. The van der Waals surface area contributed by atoms with Crippen LogP contribution >= 0.6 is 0 Å². The molecular weight excluding hydrogens is 248 g/mol. The fourth-order valence-corrected chi connectivity index (χ4v) is 2.33. The molecule has 104 valence electrons. The molecule has 6 nitrogen and oxygen atoms in total. The highest BCUT2D eigenvalue weighted by atomic mass is 16.5. The van der Waals surface area contributed by atoms with Crippen molar-refractivity contribution in [3.05, 3.63) is 22.9 Å². The number of ether oxygens (including phenoxy) is 1. The van der Waals surface area contributed by atoms with Crippen LogP contribution in [0.15, 0.2) is 6.07 Å². The molecule has 0 amide bonds. The fraction of sp³-hybridized carbons (Fsp3) is 0.538. The number of nitrogens with zero attached hydrogens (tertiary/aromatic N) is 2. The van der Waals surface area contributed by atoms with Crippen LogP contribution in [-0.2, 0) is 4.74 Å². The van der Waals surface area contributed by atoms with Crippen LogP contribution in [-0.4, -0.2) is 53.6 Å². The van der Waals surface area contributed by atoms with Crippen molar-refractivity contribution >= 4 is 11.8 Å². The van der Waals surface area contributed by atoms with Crippen LogP contribution in [0.1, 0.15) is 21.6 Å². The Morgan fingerprint density at radius 1 is 1.58 bits per heavy atom. The van der Waals surface area contributed by atoms with Crippen molar-refractivity contribution in [2.24, 2.45) is 0 Å². The maximum atomic E-state index is 11.4. The predicted molar refractivity (Wildman–Crippen MR) is 69.7 cm³/mol. The van der Waals surface area contributed by atoms with E-state index in [0.29, 0.717) is 31.1 Å². The topological polar surface area (TPSA) is 82.9 Å². The first-order valence-corrected chi connectivity index (χ1v) is 6.22. The van der Waals surface area contributed by atoms with E-state index in [9.17, 15) is 9.90 Å². The van der Waals surface area contributed by atoms with Crippen LogP contribution in [0, 0.1) is 13.8 Å². The lowest BCUT2D eigenvalue weighted by atomic mass is 10.1. The number of carboxylic acids is 1. The molecular formula is C13H18N2O4. The van der Waals surface area contributed by atoms with Gasteiger partial charge in [0.15, 0.2) is 0 Å². The van der Waals surface area contributed by atoms with Gasteiger partial charge in [0.2, 0.25) is 0 Å². The molecule has 6 heteroatoms. The second-order valence-electron chi connectivity index (χ2n) is 4.71. The van der Waals surface area contributed by atoms with E-state index in [0.717, 1.165) is 5.69 Å². The number of pyridine rings is 1. The molecule has 1 saturated heterocycles. The van der Waals surface area contributed by atoms with Gasteiger partial charge in [0.1, 0.15) is 11.4 Å². The summed E-state index contributed by atoms with van der Waals surface area (Å²) in [5, 5.41) is 18.5. The van der Waals surface area contributed by atoms with Crippen molar-refractivity contribution in [2.75, 3.05) is 31.2 Å². The summed E-state index contributed by atoms with van der Waals surface area (Å²) in [7, 11) is 0. The zero-order valence-electron chi connectivity index (χ0n) is 11.1. The Hall–Kier alpha value is -1.66. The van der Waals surface area contributed by atoms with Crippen LogP contribution < -0.4 is 4.90 Å². The van der Waals surface area contributed by atoms with Crippen molar-refractivity contribution in [3.63, 3.8) is 0 Å². The summed E-state index contributed by atoms with van der Waals surface area (Å²) in [4.78, 5) is 17.6. The van der Waals surface area contributed by atoms with Crippen LogP contribution in [0.4, 0.5) is 5.82 Å². The van der Waals surface area contributed by atoms with Crippen molar-refractivity contribution in [1.82, 2.24) is 4.98 Å². The maximum absolute atomic E-state index is 11.4. The summed E-state index contributed by atoms with van der Waals surface area (Å²) < 4.78 is 5.37. The molecule has 1 atom stereocenters. The number of hydrogen-bond acceptors (Lipinski definition) is 5. The number of aromatic nitrogens is 1. The van der Waals surface area contributed by atoms with E-state index in [1.807, 2.05) is 11.8 Å². The first kappa shape index (κ1) is 13.8. The Labute approximate surface area is 111 Å². The number of morpholine rings is 1. The number of aliphatic hydroxyl groups excluding tert-OH is 1. The van der Waals surface area contributed by atoms with Crippen LogP contribution in [0.2, 0.25) is 0 Å². The Morgan fingerprint density at radius 3 is 2.95 bits per heavy atom. The molecule has 0 radical (unpaired) electrons. The molecule has 1 aromatic heterocycles. The third-order valence-electron chi connectivity index (χ3n) is 3.18. The Kier molecular flexibility index (Phi) is 4.01. The molecule has 0 aromatic carbocycles. The molecule has 0 spiro atoms. The second kappa shape index (κ2) is 5.54. The SMILES string of the molecule is Cc1cc(C)c(C(=O)O)c(N2CCOC(CO)C2)n1. The quantitative estimate of drug-likeness (QED) is 0.833. The molecule has 1 unspecified atom stereocenters.